The normalized spacial score (nSPS) is 26.1. The molecule has 5 aliphatic rings. The summed E-state index contributed by atoms with van der Waals surface area (Å²) < 4.78 is 11.0. The van der Waals surface area contributed by atoms with Crippen molar-refractivity contribution >= 4 is 24.0 Å². The van der Waals surface area contributed by atoms with Crippen molar-refractivity contribution in [2.75, 3.05) is 13.1 Å². The number of amides is 4. The van der Waals surface area contributed by atoms with E-state index in [2.05, 4.69) is 45.0 Å². The Balaban J connectivity index is 0.959. The zero-order valence-electron chi connectivity index (χ0n) is 41.9. The standard InChI is InChI=1S/C52H77N9O6/c1-28(2)43(58-49(64)66-51(6,7)8)47(62)60-22-12-14-39(60)45-53-26-37(56-45)32-18-16-31(17-19-32)33-20-21-34(42-36-25-30(5)24-35(55-36)41(33)42)38-27-54-46(57-38)40-15-13-23-61(40)48(63)44(29(3)4)59-50(65)67-52(9,10)11/h20-21,26-32,35-36,39-40,43-44,55H,12-19,22-25H2,1-11H3,(H,53,56)(H,54,57)(H,58,64)(H,59,65). The van der Waals surface area contributed by atoms with Crippen LogP contribution in [0.1, 0.15) is 210 Å². The van der Waals surface area contributed by atoms with Gasteiger partial charge >= 0.3 is 12.2 Å². The van der Waals surface area contributed by atoms with Crippen LogP contribution in [0, 0.1) is 17.8 Å². The van der Waals surface area contributed by atoms with Gasteiger partial charge in [0.15, 0.2) is 0 Å². The molecule has 8 rings (SSSR count). The number of piperidine rings is 1. The molecule has 5 N–H and O–H groups in total. The molecule has 3 aromatic rings. The Hall–Kier alpha value is -4.92. The maximum absolute atomic E-state index is 14.1. The predicted molar refractivity (Wildman–Crippen MR) is 257 cm³/mol. The van der Waals surface area contributed by atoms with Crippen molar-refractivity contribution in [1.29, 1.82) is 0 Å². The minimum atomic E-state index is -0.708. The third kappa shape index (κ3) is 10.6. The van der Waals surface area contributed by atoms with Gasteiger partial charge in [-0.1, -0.05) is 46.8 Å². The first-order chi connectivity index (χ1) is 31.7. The van der Waals surface area contributed by atoms with Gasteiger partial charge in [-0.15, -0.1) is 0 Å². The number of aromatic nitrogens is 4. The highest BCUT2D eigenvalue weighted by atomic mass is 16.6. The van der Waals surface area contributed by atoms with Crippen molar-refractivity contribution < 1.29 is 28.7 Å². The summed E-state index contributed by atoms with van der Waals surface area (Å²) in [5.74, 6) is 2.59. The van der Waals surface area contributed by atoms with Gasteiger partial charge in [-0.2, -0.15) is 0 Å². The third-order valence-electron chi connectivity index (χ3n) is 14.7. The Morgan fingerprint density at radius 2 is 1.16 bits per heavy atom. The lowest BCUT2D eigenvalue weighted by Gasteiger charge is -2.31. The number of H-pyrrole nitrogens is 2. The van der Waals surface area contributed by atoms with Crippen LogP contribution in [0.3, 0.4) is 0 Å². The van der Waals surface area contributed by atoms with Gasteiger partial charge in [-0.25, -0.2) is 19.6 Å². The molecule has 7 atom stereocenters. The smallest absolute Gasteiger partial charge is 0.408 e. The fourth-order valence-corrected chi connectivity index (χ4v) is 11.7. The van der Waals surface area contributed by atoms with E-state index in [0.717, 1.165) is 87.2 Å². The molecule has 0 radical (unpaired) electrons. The average molecular weight is 924 g/mol. The van der Waals surface area contributed by atoms with Crippen molar-refractivity contribution in [3.63, 3.8) is 0 Å². The molecule has 4 aliphatic heterocycles. The number of likely N-dealkylation sites (tertiary alicyclic amines) is 2. The summed E-state index contributed by atoms with van der Waals surface area (Å²) in [5, 5.41) is 9.73. The van der Waals surface area contributed by atoms with E-state index in [9.17, 15) is 19.2 Å². The second-order valence-corrected chi connectivity index (χ2v) is 22.9. The number of fused-ring (bicyclic) bond motifs is 5. The van der Waals surface area contributed by atoms with Crippen molar-refractivity contribution in [2.45, 2.75) is 200 Å². The molecule has 4 amide bonds. The van der Waals surface area contributed by atoms with Gasteiger partial charge in [-0.05, 0) is 146 Å². The summed E-state index contributed by atoms with van der Waals surface area (Å²) in [6.45, 7) is 22.3. The SMILES string of the molecule is CC1CC2NC(C1)c1c(C3CCC(c4cnc(C5CCCN5C(=O)C(NC(=O)OC(C)(C)C)C(C)C)[nH]4)CC3)ccc(-c3cnc(C4CCCN4C(=O)C(NC(=O)OC(C)(C)C)C(C)C)[nH]3)c12. The number of aromatic amines is 2. The Kier molecular flexibility index (Phi) is 13.9. The molecule has 15 heteroatoms. The minimum Gasteiger partial charge on any atom is -0.444 e. The molecule has 366 valence electrons. The van der Waals surface area contributed by atoms with Gasteiger partial charge in [-0.3, -0.25) is 9.59 Å². The number of imidazole rings is 2. The van der Waals surface area contributed by atoms with Crippen molar-refractivity contribution in [1.82, 2.24) is 45.7 Å². The van der Waals surface area contributed by atoms with Crippen LogP contribution < -0.4 is 16.0 Å². The Morgan fingerprint density at radius 1 is 0.672 bits per heavy atom. The van der Waals surface area contributed by atoms with E-state index in [1.807, 2.05) is 91.4 Å². The maximum atomic E-state index is 14.1. The zero-order chi connectivity index (χ0) is 48.1. The van der Waals surface area contributed by atoms with Crippen LogP contribution >= 0.6 is 0 Å². The molecule has 6 heterocycles. The van der Waals surface area contributed by atoms with Gasteiger partial charge in [0.05, 0.1) is 24.0 Å². The summed E-state index contributed by atoms with van der Waals surface area (Å²) in [4.78, 5) is 74.6. The van der Waals surface area contributed by atoms with E-state index >= 15 is 0 Å². The number of hydrogen-bond acceptors (Lipinski definition) is 9. The van der Waals surface area contributed by atoms with Gasteiger partial charge in [0, 0.05) is 48.5 Å². The Bertz CT molecular complexity index is 2280. The first kappa shape index (κ1) is 48.5. The lowest BCUT2D eigenvalue weighted by molar-refractivity contribution is -0.136. The molecule has 2 aromatic heterocycles. The van der Waals surface area contributed by atoms with Crippen LogP contribution in [0.4, 0.5) is 9.59 Å². The van der Waals surface area contributed by atoms with Crippen LogP contribution in [-0.2, 0) is 19.1 Å². The number of rotatable bonds is 11. The summed E-state index contributed by atoms with van der Waals surface area (Å²) >= 11 is 0. The first-order valence-corrected chi connectivity index (χ1v) is 25.3. The maximum Gasteiger partial charge on any atom is 0.408 e. The molecule has 1 aromatic carbocycles. The number of nitrogens with one attached hydrogen (secondary N) is 5. The largest absolute Gasteiger partial charge is 0.444 e. The first-order valence-electron chi connectivity index (χ1n) is 25.3. The lowest BCUT2D eigenvalue weighted by Crippen LogP contribution is -2.52. The summed E-state index contributed by atoms with van der Waals surface area (Å²) in [5.41, 5.74) is 6.34. The quantitative estimate of drug-likeness (QED) is 0.125. The molecular weight excluding hydrogens is 847 g/mol. The number of alkyl carbamates (subject to hydrolysis) is 2. The van der Waals surface area contributed by atoms with E-state index in [4.69, 9.17) is 19.4 Å². The highest BCUT2D eigenvalue weighted by molar-refractivity contribution is 5.87. The molecule has 3 saturated heterocycles. The topological polar surface area (TPSA) is 187 Å². The van der Waals surface area contributed by atoms with Crippen LogP contribution in [-0.4, -0.2) is 90.1 Å². The van der Waals surface area contributed by atoms with Crippen LogP contribution in [0.15, 0.2) is 24.5 Å². The van der Waals surface area contributed by atoms with E-state index < -0.39 is 35.5 Å². The molecular formula is C52H77N9O6. The highest BCUT2D eigenvalue weighted by Gasteiger charge is 2.43. The molecule has 67 heavy (non-hydrogen) atoms. The van der Waals surface area contributed by atoms with E-state index in [1.54, 1.807) is 0 Å². The van der Waals surface area contributed by atoms with Gasteiger partial charge in [0.2, 0.25) is 11.8 Å². The average Bonchev–Trinajstić information content (AvgIpc) is 4.10. The van der Waals surface area contributed by atoms with E-state index in [-0.39, 0.29) is 41.8 Å². The number of benzene rings is 1. The second-order valence-electron chi connectivity index (χ2n) is 22.9. The summed E-state index contributed by atoms with van der Waals surface area (Å²) in [6.07, 6.45) is 12.6. The van der Waals surface area contributed by atoms with E-state index in [0.29, 0.717) is 36.9 Å². The number of hydrogen-bond donors (Lipinski definition) is 5. The van der Waals surface area contributed by atoms with Gasteiger partial charge < -0.3 is 45.2 Å². The fraction of sp³-hybridized carbons (Fsp3) is 0.692. The predicted octanol–water partition coefficient (Wildman–Crippen LogP) is 9.78. The summed E-state index contributed by atoms with van der Waals surface area (Å²) in [7, 11) is 0. The van der Waals surface area contributed by atoms with E-state index in [1.165, 1.54) is 22.3 Å². The molecule has 15 nitrogen and oxygen atoms in total. The third-order valence-corrected chi connectivity index (χ3v) is 14.7. The lowest BCUT2D eigenvalue weighted by atomic mass is 9.75. The molecule has 1 saturated carbocycles. The number of ether oxygens (including phenoxy) is 2. The molecule has 4 fully saturated rings. The van der Waals surface area contributed by atoms with Crippen molar-refractivity contribution in [2.24, 2.45) is 17.8 Å². The number of nitrogens with zero attached hydrogens (tertiary/aromatic N) is 4. The van der Waals surface area contributed by atoms with Gasteiger partial charge in [0.25, 0.3) is 0 Å². The number of carbonyl (C=O) groups is 4. The molecule has 0 spiro atoms. The van der Waals surface area contributed by atoms with Crippen molar-refractivity contribution in [3.05, 3.63) is 58.6 Å². The number of carbonyl (C=O) groups excluding carboxylic acids is 4. The molecule has 7 unspecified atom stereocenters. The van der Waals surface area contributed by atoms with Gasteiger partial charge in [0.1, 0.15) is 34.9 Å². The van der Waals surface area contributed by atoms with Crippen LogP contribution in [0.5, 0.6) is 0 Å². The molecule has 1 aliphatic carbocycles. The Labute approximate surface area is 397 Å². The monoisotopic (exact) mass is 924 g/mol. The van der Waals surface area contributed by atoms with Crippen LogP contribution in [0.2, 0.25) is 0 Å². The molecule has 2 bridgehead atoms. The fourth-order valence-electron chi connectivity index (χ4n) is 11.7. The highest BCUT2D eigenvalue weighted by Crippen LogP contribution is 2.53. The zero-order valence-corrected chi connectivity index (χ0v) is 41.9. The summed E-state index contributed by atoms with van der Waals surface area (Å²) in [6, 6.07) is 3.51. The second kappa shape index (κ2) is 19.2. The van der Waals surface area contributed by atoms with Crippen LogP contribution in [0.25, 0.3) is 11.3 Å². The minimum absolute atomic E-state index is 0.0972. The van der Waals surface area contributed by atoms with Crippen molar-refractivity contribution in [3.8, 4) is 11.3 Å². The Morgan fingerprint density at radius 3 is 1.69 bits per heavy atom.